The molecule has 0 radical (unpaired) electrons. The molecule has 8 heteroatoms. The quantitative estimate of drug-likeness (QED) is 0.516. The molecule has 1 aliphatic carbocycles. The van der Waals surface area contributed by atoms with Gasteiger partial charge in [0.05, 0.1) is 23.3 Å². The average molecular weight is 420 g/mol. The molecule has 0 amide bonds. The minimum absolute atomic E-state index is 0.323. The fourth-order valence-electron chi connectivity index (χ4n) is 4.73. The fraction of sp³-hybridized carbons (Fsp3) is 0.478. The van der Waals surface area contributed by atoms with Crippen LogP contribution < -0.4 is 5.32 Å². The lowest BCUT2D eigenvalue weighted by Crippen LogP contribution is -2.30. The van der Waals surface area contributed by atoms with Gasteiger partial charge in [-0.15, -0.1) is 5.10 Å². The number of ether oxygens (including phenoxy) is 1. The van der Waals surface area contributed by atoms with Crippen LogP contribution in [0.5, 0.6) is 0 Å². The van der Waals surface area contributed by atoms with Crippen LogP contribution in [0.4, 0.5) is 5.95 Å². The highest BCUT2D eigenvalue weighted by molar-refractivity contribution is 5.85. The third-order valence-corrected chi connectivity index (χ3v) is 6.31. The first-order chi connectivity index (χ1) is 15.0. The van der Waals surface area contributed by atoms with E-state index in [1.54, 1.807) is 7.11 Å². The number of aryl methyl sites for hydroxylation is 1. The number of hydrogen-bond acceptors (Lipinski definition) is 6. The van der Waals surface area contributed by atoms with Gasteiger partial charge in [-0.25, -0.2) is 19.5 Å². The van der Waals surface area contributed by atoms with E-state index in [9.17, 15) is 0 Å². The lowest BCUT2D eigenvalue weighted by Gasteiger charge is -2.28. The predicted octanol–water partition coefficient (Wildman–Crippen LogP) is 4.40. The second-order valence-corrected chi connectivity index (χ2v) is 8.68. The van der Waals surface area contributed by atoms with Crippen LogP contribution in [0.25, 0.3) is 27.8 Å². The van der Waals surface area contributed by atoms with Crippen molar-refractivity contribution in [3.8, 4) is 11.1 Å². The van der Waals surface area contributed by atoms with Gasteiger partial charge >= 0.3 is 0 Å². The number of anilines is 1. The average Bonchev–Trinajstić information content (AvgIpc) is 3.33. The maximum absolute atomic E-state index is 5.47. The van der Waals surface area contributed by atoms with Gasteiger partial charge in [0.15, 0.2) is 5.65 Å². The van der Waals surface area contributed by atoms with E-state index in [0.717, 1.165) is 59.3 Å². The molecule has 0 spiro atoms. The van der Waals surface area contributed by atoms with E-state index in [0.29, 0.717) is 24.1 Å². The number of hydrogen-bond donors (Lipinski definition) is 1. The minimum Gasteiger partial charge on any atom is -0.381 e. The zero-order valence-electron chi connectivity index (χ0n) is 18.5. The van der Waals surface area contributed by atoms with E-state index >= 15 is 0 Å². The summed E-state index contributed by atoms with van der Waals surface area (Å²) in [5.74, 6) is 1.65. The summed E-state index contributed by atoms with van der Waals surface area (Å²) in [5, 5.41) is 8.18. The monoisotopic (exact) mass is 419 g/mol. The van der Waals surface area contributed by atoms with Gasteiger partial charge in [-0.05, 0) is 58.6 Å². The van der Waals surface area contributed by atoms with Crippen LogP contribution in [0.3, 0.4) is 0 Å². The fourth-order valence-corrected chi connectivity index (χ4v) is 4.73. The number of pyridine rings is 1. The molecule has 1 aliphatic rings. The Kier molecular flexibility index (Phi) is 5.09. The maximum atomic E-state index is 5.47. The third kappa shape index (κ3) is 3.65. The first-order valence-corrected chi connectivity index (χ1v) is 11.0. The first kappa shape index (κ1) is 19.9. The number of nitrogens with one attached hydrogen (secondary N) is 1. The van der Waals surface area contributed by atoms with Gasteiger partial charge in [0.25, 0.3) is 0 Å². The third-order valence-electron chi connectivity index (χ3n) is 6.31. The van der Waals surface area contributed by atoms with Crippen LogP contribution in [0.1, 0.15) is 51.4 Å². The molecule has 1 fully saturated rings. The Morgan fingerprint density at radius 1 is 1.10 bits per heavy atom. The molecule has 0 atom stereocenters. The Morgan fingerprint density at radius 2 is 1.90 bits per heavy atom. The van der Waals surface area contributed by atoms with Gasteiger partial charge in [-0.1, -0.05) is 0 Å². The van der Waals surface area contributed by atoms with Crippen LogP contribution in [0.2, 0.25) is 0 Å². The van der Waals surface area contributed by atoms with Gasteiger partial charge in [0.1, 0.15) is 5.82 Å². The lowest BCUT2D eigenvalue weighted by atomic mass is 9.93. The van der Waals surface area contributed by atoms with Crippen LogP contribution in [-0.2, 0) is 4.74 Å². The number of rotatable bonds is 5. The van der Waals surface area contributed by atoms with Crippen LogP contribution in [-0.4, -0.2) is 48.4 Å². The summed E-state index contributed by atoms with van der Waals surface area (Å²) >= 11 is 0. The largest absolute Gasteiger partial charge is 0.381 e. The number of fused-ring (bicyclic) bond motifs is 2. The molecular weight excluding hydrogens is 390 g/mol. The van der Waals surface area contributed by atoms with Gasteiger partial charge in [-0.2, -0.15) is 0 Å². The van der Waals surface area contributed by atoms with Crippen molar-refractivity contribution < 1.29 is 4.74 Å². The number of aromatic nitrogens is 6. The second-order valence-electron chi connectivity index (χ2n) is 8.68. The van der Waals surface area contributed by atoms with Gasteiger partial charge < -0.3 is 14.6 Å². The normalized spacial score (nSPS) is 19.5. The summed E-state index contributed by atoms with van der Waals surface area (Å²) in [7, 11) is 1.80. The molecule has 4 aromatic heterocycles. The molecule has 1 N–H and O–H groups in total. The van der Waals surface area contributed by atoms with Crippen molar-refractivity contribution in [2.45, 2.75) is 64.6 Å². The molecule has 0 saturated heterocycles. The number of imidazole rings is 1. The summed E-state index contributed by atoms with van der Waals surface area (Å²) in [6, 6.07) is 4.95. The molecule has 4 aromatic rings. The Bertz CT molecular complexity index is 1220. The van der Waals surface area contributed by atoms with Crippen molar-refractivity contribution in [2.75, 3.05) is 12.4 Å². The summed E-state index contributed by atoms with van der Waals surface area (Å²) in [6.45, 7) is 6.36. The first-order valence-electron chi connectivity index (χ1n) is 11.0. The Morgan fingerprint density at radius 3 is 2.65 bits per heavy atom. The summed E-state index contributed by atoms with van der Waals surface area (Å²) in [4.78, 5) is 13.8. The van der Waals surface area contributed by atoms with Crippen LogP contribution in [0, 0.1) is 6.92 Å². The highest BCUT2D eigenvalue weighted by Crippen LogP contribution is 2.29. The van der Waals surface area contributed by atoms with Crippen molar-refractivity contribution in [1.29, 1.82) is 0 Å². The standard InChI is InChI=1S/C23H29N7O/c1-14(2)30-15(3)26-22-20(30)11-16(12-24-22)19-9-10-29-21(19)13-25-23(28-29)27-17-5-7-18(31-4)8-6-17/h9-14,17-18H,5-8H2,1-4H3,(H,27,28). The predicted molar refractivity (Wildman–Crippen MR) is 121 cm³/mol. The Labute approximate surface area is 181 Å². The molecule has 1 saturated carbocycles. The van der Waals surface area contributed by atoms with E-state index < -0.39 is 0 Å². The molecule has 0 aliphatic heterocycles. The lowest BCUT2D eigenvalue weighted by molar-refractivity contribution is 0.0681. The molecule has 31 heavy (non-hydrogen) atoms. The molecule has 0 aromatic carbocycles. The van der Waals surface area contributed by atoms with E-state index in [1.807, 2.05) is 30.0 Å². The molecule has 8 nitrogen and oxygen atoms in total. The Hall–Kier alpha value is -3.00. The summed E-state index contributed by atoms with van der Waals surface area (Å²) in [5.41, 5.74) is 4.90. The SMILES string of the molecule is COC1CCC(Nc2ncc3c(-c4cnc5nc(C)n(C(C)C)c5c4)ccn3n2)CC1. The summed E-state index contributed by atoms with van der Waals surface area (Å²) < 4.78 is 9.58. The number of methoxy groups -OCH3 is 1. The summed E-state index contributed by atoms with van der Waals surface area (Å²) in [6.07, 6.45) is 10.4. The molecule has 0 unspecified atom stereocenters. The minimum atomic E-state index is 0.323. The second kappa shape index (κ2) is 7.92. The van der Waals surface area contributed by atoms with Crippen molar-refractivity contribution in [3.63, 3.8) is 0 Å². The van der Waals surface area contributed by atoms with E-state index in [4.69, 9.17) is 9.84 Å². The van der Waals surface area contributed by atoms with E-state index in [2.05, 4.69) is 50.8 Å². The number of nitrogens with zero attached hydrogens (tertiary/aromatic N) is 6. The Balaban J connectivity index is 1.43. The smallest absolute Gasteiger partial charge is 0.241 e. The zero-order valence-corrected chi connectivity index (χ0v) is 18.5. The molecule has 0 bridgehead atoms. The van der Waals surface area contributed by atoms with Crippen LogP contribution in [0.15, 0.2) is 30.7 Å². The zero-order chi connectivity index (χ0) is 21.5. The highest BCUT2D eigenvalue weighted by atomic mass is 16.5. The molecule has 4 heterocycles. The van der Waals surface area contributed by atoms with Crippen LogP contribution >= 0.6 is 0 Å². The van der Waals surface area contributed by atoms with Gasteiger partial charge in [-0.3, -0.25) is 0 Å². The molecule has 5 rings (SSSR count). The molecular formula is C23H29N7O. The van der Waals surface area contributed by atoms with Gasteiger partial charge in [0.2, 0.25) is 5.95 Å². The van der Waals surface area contributed by atoms with E-state index in [1.165, 1.54) is 0 Å². The maximum Gasteiger partial charge on any atom is 0.241 e. The topological polar surface area (TPSA) is 82.2 Å². The van der Waals surface area contributed by atoms with Gasteiger partial charge in [0, 0.05) is 42.7 Å². The van der Waals surface area contributed by atoms with Crippen molar-refractivity contribution >= 4 is 22.6 Å². The van der Waals surface area contributed by atoms with Crippen molar-refractivity contribution in [1.82, 2.24) is 29.1 Å². The van der Waals surface area contributed by atoms with E-state index in [-0.39, 0.29) is 0 Å². The van der Waals surface area contributed by atoms with Crippen molar-refractivity contribution in [2.24, 2.45) is 0 Å². The molecule has 162 valence electrons. The van der Waals surface area contributed by atoms with Crippen molar-refractivity contribution in [3.05, 3.63) is 36.5 Å². The highest BCUT2D eigenvalue weighted by Gasteiger charge is 2.21.